The molecule has 2 rings (SSSR count). The molecule has 0 aromatic heterocycles. The van der Waals surface area contributed by atoms with E-state index in [9.17, 15) is 10.2 Å². The van der Waals surface area contributed by atoms with Gasteiger partial charge in [0, 0.05) is 30.0 Å². The van der Waals surface area contributed by atoms with Crippen molar-refractivity contribution >= 4 is 5.69 Å². The predicted molar refractivity (Wildman–Crippen MR) is 78.9 cm³/mol. The zero-order valence-electron chi connectivity index (χ0n) is 11.5. The Labute approximate surface area is 118 Å². The molecule has 0 radical (unpaired) electrons. The van der Waals surface area contributed by atoms with Gasteiger partial charge in [-0.05, 0) is 19.1 Å². The number of ether oxygens (including phenoxy) is 1. The Morgan fingerprint density at radius 2 is 1.75 bits per heavy atom. The number of anilines is 1. The quantitative estimate of drug-likeness (QED) is 0.707. The average Bonchev–Trinajstić information content (AvgIpc) is 2.47. The highest BCUT2D eigenvalue weighted by atomic mass is 16.5. The number of rotatable bonds is 6. The number of para-hydroxylation sites is 2. The number of nitrogens with one attached hydrogen (secondary N) is 1. The van der Waals surface area contributed by atoms with E-state index in [1.54, 1.807) is 12.1 Å². The largest absolute Gasteiger partial charge is 0.504 e. The molecule has 0 fully saturated rings. The van der Waals surface area contributed by atoms with Crippen LogP contribution >= 0.6 is 0 Å². The number of phenolic OH excluding ortho intramolecular Hbond substituents is 2. The summed E-state index contributed by atoms with van der Waals surface area (Å²) in [7, 11) is 0. The first-order valence-corrected chi connectivity index (χ1v) is 6.61. The van der Waals surface area contributed by atoms with Crippen LogP contribution in [0.1, 0.15) is 18.1 Å². The fraction of sp³-hybridized carbons (Fsp3) is 0.250. The zero-order valence-corrected chi connectivity index (χ0v) is 11.5. The van der Waals surface area contributed by atoms with Crippen LogP contribution in [0.4, 0.5) is 5.69 Å². The summed E-state index contributed by atoms with van der Waals surface area (Å²) < 4.78 is 5.43. The van der Waals surface area contributed by atoms with E-state index in [4.69, 9.17) is 4.74 Å². The molecule has 4 nitrogen and oxygen atoms in total. The Bertz CT molecular complexity index is 569. The molecule has 3 N–H and O–H groups in total. The van der Waals surface area contributed by atoms with Crippen molar-refractivity contribution in [2.45, 2.75) is 20.1 Å². The predicted octanol–water partition coefficient (Wildman–Crippen LogP) is 3.25. The van der Waals surface area contributed by atoms with Crippen LogP contribution in [0.15, 0.2) is 42.5 Å². The van der Waals surface area contributed by atoms with Gasteiger partial charge < -0.3 is 20.3 Å². The van der Waals surface area contributed by atoms with Gasteiger partial charge in [0.05, 0.1) is 6.61 Å². The first-order chi connectivity index (χ1) is 9.72. The van der Waals surface area contributed by atoms with Crippen LogP contribution in [-0.2, 0) is 17.9 Å². The number of hydrogen-bond acceptors (Lipinski definition) is 4. The smallest absolute Gasteiger partial charge is 0.162 e. The second-order valence-electron chi connectivity index (χ2n) is 4.43. The lowest BCUT2D eigenvalue weighted by Gasteiger charge is -2.13. The third kappa shape index (κ3) is 3.42. The molecule has 0 spiro atoms. The first kappa shape index (κ1) is 14.2. The number of phenols is 2. The lowest BCUT2D eigenvalue weighted by molar-refractivity contribution is 0.134. The Balaban J connectivity index is 2.09. The van der Waals surface area contributed by atoms with E-state index in [1.165, 1.54) is 6.07 Å². The van der Waals surface area contributed by atoms with E-state index < -0.39 is 0 Å². The SMILES string of the molecule is CCOCc1ccccc1NCc1cccc(O)c1O. The minimum atomic E-state index is -0.105. The van der Waals surface area contributed by atoms with Crippen LogP contribution in [0, 0.1) is 0 Å². The highest BCUT2D eigenvalue weighted by Crippen LogP contribution is 2.29. The van der Waals surface area contributed by atoms with E-state index >= 15 is 0 Å². The third-order valence-corrected chi connectivity index (χ3v) is 3.05. The zero-order chi connectivity index (χ0) is 14.4. The Morgan fingerprint density at radius 3 is 2.55 bits per heavy atom. The topological polar surface area (TPSA) is 61.7 Å². The lowest BCUT2D eigenvalue weighted by atomic mass is 10.1. The molecule has 0 saturated carbocycles. The fourth-order valence-corrected chi connectivity index (χ4v) is 1.94. The van der Waals surface area contributed by atoms with Crippen molar-refractivity contribution in [3.05, 3.63) is 53.6 Å². The summed E-state index contributed by atoms with van der Waals surface area (Å²) in [6.45, 7) is 3.61. The van der Waals surface area contributed by atoms with Crippen LogP contribution in [0.25, 0.3) is 0 Å². The normalized spacial score (nSPS) is 10.4. The summed E-state index contributed by atoms with van der Waals surface area (Å²) in [5.74, 6) is -0.186. The summed E-state index contributed by atoms with van der Waals surface area (Å²) in [6.07, 6.45) is 0. The molecule has 0 aliphatic heterocycles. The first-order valence-electron chi connectivity index (χ1n) is 6.61. The molecule has 4 heteroatoms. The molecule has 2 aromatic rings. The summed E-state index contributed by atoms with van der Waals surface area (Å²) >= 11 is 0. The molecular weight excluding hydrogens is 254 g/mol. The summed E-state index contributed by atoms with van der Waals surface area (Å²) in [5.41, 5.74) is 2.67. The van der Waals surface area contributed by atoms with Gasteiger partial charge in [0.25, 0.3) is 0 Å². The van der Waals surface area contributed by atoms with Gasteiger partial charge >= 0.3 is 0 Å². The van der Waals surface area contributed by atoms with E-state index in [-0.39, 0.29) is 11.5 Å². The van der Waals surface area contributed by atoms with Crippen molar-refractivity contribution in [1.29, 1.82) is 0 Å². The van der Waals surface area contributed by atoms with Crippen LogP contribution in [0.5, 0.6) is 11.5 Å². The molecule has 0 bridgehead atoms. The molecule has 2 aromatic carbocycles. The van der Waals surface area contributed by atoms with Crippen molar-refractivity contribution in [2.75, 3.05) is 11.9 Å². The molecule has 0 aliphatic carbocycles. The minimum Gasteiger partial charge on any atom is -0.504 e. The van der Waals surface area contributed by atoms with Gasteiger partial charge in [0.15, 0.2) is 11.5 Å². The maximum Gasteiger partial charge on any atom is 0.162 e. The molecule has 0 atom stereocenters. The van der Waals surface area contributed by atoms with Gasteiger partial charge in [-0.1, -0.05) is 30.3 Å². The Kier molecular flexibility index (Phi) is 4.85. The molecule has 106 valence electrons. The number of benzene rings is 2. The van der Waals surface area contributed by atoms with Crippen molar-refractivity contribution in [3.63, 3.8) is 0 Å². The average molecular weight is 273 g/mol. The lowest BCUT2D eigenvalue weighted by Crippen LogP contribution is -2.03. The van der Waals surface area contributed by atoms with Gasteiger partial charge in [-0.15, -0.1) is 0 Å². The second kappa shape index (κ2) is 6.82. The van der Waals surface area contributed by atoms with E-state index in [2.05, 4.69) is 5.32 Å². The van der Waals surface area contributed by atoms with Crippen LogP contribution in [-0.4, -0.2) is 16.8 Å². The Morgan fingerprint density at radius 1 is 1.00 bits per heavy atom. The fourth-order valence-electron chi connectivity index (χ4n) is 1.94. The van der Waals surface area contributed by atoms with E-state index in [1.807, 2.05) is 31.2 Å². The van der Waals surface area contributed by atoms with Crippen LogP contribution < -0.4 is 5.32 Å². The van der Waals surface area contributed by atoms with Gasteiger partial charge in [-0.25, -0.2) is 0 Å². The minimum absolute atomic E-state index is 0.0812. The van der Waals surface area contributed by atoms with Crippen molar-refractivity contribution in [3.8, 4) is 11.5 Å². The van der Waals surface area contributed by atoms with Crippen LogP contribution in [0.3, 0.4) is 0 Å². The summed E-state index contributed by atoms with van der Waals surface area (Å²) in [4.78, 5) is 0. The van der Waals surface area contributed by atoms with Gasteiger partial charge in [0.2, 0.25) is 0 Å². The van der Waals surface area contributed by atoms with Crippen molar-refractivity contribution in [2.24, 2.45) is 0 Å². The Hall–Kier alpha value is -2.20. The van der Waals surface area contributed by atoms with Crippen molar-refractivity contribution in [1.82, 2.24) is 0 Å². The monoisotopic (exact) mass is 273 g/mol. The molecule has 0 amide bonds. The van der Waals surface area contributed by atoms with Gasteiger partial charge in [-0.3, -0.25) is 0 Å². The third-order valence-electron chi connectivity index (χ3n) is 3.05. The number of hydrogen-bond donors (Lipinski definition) is 3. The second-order valence-corrected chi connectivity index (χ2v) is 4.43. The van der Waals surface area contributed by atoms with Gasteiger partial charge in [0.1, 0.15) is 0 Å². The van der Waals surface area contributed by atoms with Crippen LogP contribution in [0.2, 0.25) is 0 Å². The molecule has 0 saturated heterocycles. The summed E-state index contributed by atoms with van der Waals surface area (Å²) in [5, 5.41) is 22.5. The number of aromatic hydroxyl groups is 2. The molecule has 20 heavy (non-hydrogen) atoms. The molecule has 0 heterocycles. The standard InChI is InChI=1S/C16H19NO3/c1-2-20-11-13-6-3-4-8-14(13)17-10-12-7-5-9-15(18)16(12)19/h3-9,17-19H,2,10-11H2,1H3. The molecular formula is C16H19NO3. The molecule has 0 unspecified atom stereocenters. The summed E-state index contributed by atoms with van der Waals surface area (Å²) in [6, 6.07) is 12.8. The maximum atomic E-state index is 9.77. The van der Waals surface area contributed by atoms with Crippen molar-refractivity contribution < 1.29 is 14.9 Å². The highest BCUT2D eigenvalue weighted by molar-refractivity contribution is 5.53. The van der Waals surface area contributed by atoms with E-state index in [0.29, 0.717) is 25.3 Å². The molecule has 0 aliphatic rings. The maximum absolute atomic E-state index is 9.77. The van der Waals surface area contributed by atoms with Gasteiger partial charge in [-0.2, -0.15) is 0 Å². The highest BCUT2D eigenvalue weighted by Gasteiger charge is 2.07. The van der Waals surface area contributed by atoms with E-state index in [0.717, 1.165) is 11.3 Å².